The van der Waals surface area contributed by atoms with Crippen LogP contribution in [-0.4, -0.2) is 18.9 Å². The molecule has 20 heavy (non-hydrogen) atoms. The number of carbonyl (C=O) groups excluding carboxylic acids is 2. The molecule has 0 spiro atoms. The third-order valence-corrected chi connectivity index (χ3v) is 2.59. The van der Waals surface area contributed by atoms with Crippen molar-refractivity contribution >= 4 is 17.9 Å². The summed E-state index contributed by atoms with van der Waals surface area (Å²) in [4.78, 5) is 23.8. The van der Waals surface area contributed by atoms with Crippen molar-refractivity contribution in [1.82, 2.24) is 10.6 Å². The van der Waals surface area contributed by atoms with Gasteiger partial charge in [-0.3, -0.25) is 9.59 Å². The Balaban J connectivity index is 2.21. The summed E-state index contributed by atoms with van der Waals surface area (Å²) in [6.45, 7) is 0. The average molecular weight is 270 g/mol. The summed E-state index contributed by atoms with van der Waals surface area (Å²) in [5.41, 5.74) is 0.595. The first kappa shape index (κ1) is 13.6. The van der Waals surface area contributed by atoms with Gasteiger partial charge in [-0.25, -0.2) is 0 Å². The SMILES string of the molecule is CNC(=O)/C(=C\c1ccco1)NC(=O)c1ccccc1. The molecule has 1 aromatic heterocycles. The third kappa shape index (κ3) is 3.35. The van der Waals surface area contributed by atoms with E-state index < -0.39 is 5.91 Å². The second kappa shape index (κ2) is 6.38. The molecule has 5 heteroatoms. The smallest absolute Gasteiger partial charge is 0.267 e. The van der Waals surface area contributed by atoms with Crippen LogP contribution in [0.1, 0.15) is 16.1 Å². The molecular formula is C15H14N2O3. The van der Waals surface area contributed by atoms with Crippen LogP contribution in [-0.2, 0) is 4.79 Å². The molecule has 0 bridgehead atoms. The van der Waals surface area contributed by atoms with Crippen LogP contribution in [0.15, 0.2) is 58.8 Å². The Morgan fingerprint density at radius 1 is 1.10 bits per heavy atom. The number of benzene rings is 1. The van der Waals surface area contributed by atoms with Crippen molar-refractivity contribution in [3.63, 3.8) is 0 Å². The van der Waals surface area contributed by atoms with Crippen LogP contribution >= 0.6 is 0 Å². The Bertz CT molecular complexity index is 616. The topological polar surface area (TPSA) is 71.3 Å². The normalized spacial score (nSPS) is 10.9. The molecule has 5 nitrogen and oxygen atoms in total. The van der Waals surface area contributed by atoms with Crippen molar-refractivity contribution in [3.05, 3.63) is 65.7 Å². The van der Waals surface area contributed by atoms with Crippen molar-refractivity contribution in [1.29, 1.82) is 0 Å². The van der Waals surface area contributed by atoms with Crippen LogP contribution in [0.2, 0.25) is 0 Å². The third-order valence-electron chi connectivity index (χ3n) is 2.59. The van der Waals surface area contributed by atoms with E-state index in [-0.39, 0.29) is 11.6 Å². The molecule has 0 unspecified atom stereocenters. The van der Waals surface area contributed by atoms with Crippen molar-refractivity contribution in [3.8, 4) is 0 Å². The zero-order valence-corrected chi connectivity index (χ0v) is 10.9. The van der Waals surface area contributed by atoms with E-state index in [1.54, 1.807) is 36.4 Å². The van der Waals surface area contributed by atoms with E-state index >= 15 is 0 Å². The van der Waals surface area contributed by atoms with Gasteiger partial charge in [-0.05, 0) is 24.3 Å². The molecular weight excluding hydrogens is 256 g/mol. The maximum absolute atomic E-state index is 12.0. The predicted octanol–water partition coefficient (Wildman–Crippen LogP) is 1.80. The maximum Gasteiger partial charge on any atom is 0.267 e. The Morgan fingerprint density at radius 3 is 2.45 bits per heavy atom. The van der Waals surface area contributed by atoms with Gasteiger partial charge >= 0.3 is 0 Å². The quantitative estimate of drug-likeness (QED) is 0.832. The highest BCUT2D eigenvalue weighted by Gasteiger charge is 2.13. The summed E-state index contributed by atoms with van der Waals surface area (Å²) in [5, 5.41) is 5.04. The van der Waals surface area contributed by atoms with Gasteiger partial charge in [0.05, 0.1) is 6.26 Å². The summed E-state index contributed by atoms with van der Waals surface area (Å²) in [6.07, 6.45) is 2.96. The molecule has 0 saturated heterocycles. The van der Waals surface area contributed by atoms with Crippen molar-refractivity contribution in [2.45, 2.75) is 0 Å². The second-order valence-electron chi connectivity index (χ2n) is 3.97. The Hall–Kier alpha value is -2.82. The molecule has 0 radical (unpaired) electrons. The Labute approximate surface area is 116 Å². The number of hydrogen-bond donors (Lipinski definition) is 2. The van der Waals surface area contributed by atoms with Crippen molar-refractivity contribution in [2.75, 3.05) is 7.05 Å². The highest BCUT2D eigenvalue weighted by Crippen LogP contribution is 2.07. The van der Waals surface area contributed by atoms with E-state index in [1.807, 2.05) is 6.07 Å². The van der Waals surface area contributed by atoms with E-state index in [0.717, 1.165) is 0 Å². The number of amides is 2. The summed E-state index contributed by atoms with van der Waals surface area (Å²) in [7, 11) is 1.49. The second-order valence-corrected chi connectivity index (χ2v) is 3.97. The van der Waals surface area contributed by atoms with Gasteiger partial charge in [-0.1, -0.05) is 18.2 Å². The zero-order valence-electron chi connectivity index (χ0n) is 10.9. The number of rotatable bonds is 4. The highest BCUT2D eigenvalue weighted by molar-refractivity contribution is 6.04. The van der Waals surface area contributed by atoms with Gasteiger partial charge in [0.15, 0.2) is 0 Å². The Morgan fingerprint density at radius 2 is 1.85 bits per heavy atom. The first-order valence-electron chi connectivity index (χ1n) is 6.04. The molecule has 0 saturated carbocycles. The van der Waals surface area contributed by atoms with E-state index in [9.17, 15) is 9.59 Å². The molecule has 1 aromatic carbocycles. The van der Waals surface area contributed by atoms with Crippen LogP contribution < -0.4 is 10.6 Å². The molecule has 102 valence electrons. The lowest BCUT2D eigenvalue weighted by Crippen LogP contribution is -2.33. The molecule has 0 aliphatic carbocycles. The van der Waals surface area contributed by atoms with Crippen molar-refractivity contribution < 1.29 is 14.0 Å². The van der Waals surface area contributed by atoms with E-state index in [2.05, 4.69) is 10.6 Å². The van der Waals surface area contributed by atoms with E-state index in [1.165, 1.54) is 19.4 Å². The minimum absolute atomic E-state index is 0.122. The van der Waals surface area contributed by atoms with Crippen LogP contribution in [0, 0.1) is 0 Å². The lowest BCUT2D eigenvalue weighted by atomic mass is 10.2. The summed E-state index contributed by atoms with van der Waals surface area (Å²) in [5.74, 6) is -0.269. The van der Waals surface area contributed by atoms with Crippen LogP contribution in [0.5, 0.6) is 0 Å². The Kier molecular flexibility index (Phi) is 4.34. The standard InChI is InChI=1S/C15H14N2O3/c1-16-15(19)13(10-12-8-5-9-20-12)17-14(18)11-6-3-2-4-7-11/h2-10H,1H3,(H,16,19)(H,17,18)/b13-10+. The van der Waals surface area contributed by atoms with Gasteiger partial charge in [0.2, 0.25) is 0 Å². The molecule has 2 rings (SSSR count). The largest absolute Gasteiger partial charge is 0.465 e. The lowest BCUT2D eigenvalue weighted by Gasteiger charge is -2.08. The lowest BCUT2D eigenvalue weighted by molar-refractivity contribution is -0.117. The minimum Gasteiger partial charge on any atom is -0.465 e. The molecule has 1 heterocycles. The maximum atomic E-state index is 12.0. The fourth-order valence-corrected chi connectivity index (χ4v) is 1.59. The molecule has 0 fully saturated rings. The number of furan rings is 1. The van der Waals surface area contributed by atoms with Gasteiger partial charge in [-0.15, -0.1) is 0 Å². The van der Waals surface area contributed by atoms with Crippen LogP contribution in [0.3, 0.4) is 0 Å². The van der Waals surface area contributed by atoms with E-state index in [4.69, 9.17) is 4.42 Å². The van der Waals surface area contributed by atoms with E-state index in [0.29, 0.717) is 11.3 Å². The number of likely N-dealkylation sites (N-methyl/N-ethyl adjacent to an activating group) is 1. The highest BCUT2D eigenvalue weighted by atomic mass is 16.3. The molecule has 0 atom stereocenters. The van der Waals surface area contributed by atoms with Gasteiger partial charge < -0.3 is 15.1 Å². The van der Waals surface area contributed by atoms with Gasteiger partial charge in [0, 0.05) is 18.7 Å². The molecule has 0 aliphatic rings. The average Bonchev–Trinajstić information content (AvgIpc) is 2.99. The summed E-state index contributed by atoms with van der Waals surface area (Å²) < 4.78 is 5.14. The molecule has 0 aliphatic heterocycles. The van der Waals surface area contributed by atoms with Gasteiger partial charge in [0.25, 0.3) is 11.8 Å². The first-order valence-corrected chi connectivity index (χ1v) is 6.04. The number of carbonyl (C=O) groups is 2. The molecule has 2 aromatic rings. The van der Waals surface area contributed by atoms with Gasteiger partial charge in [-0.2, -0.15) is 0 Å². The van der Waals surface area contributed by atoms with Gasteiger partial charge in [0.1, 0.15) is 11.5 Å². The molecule has 2 N–H and O–H groups in total. The van der Waals surface area contributed by atoms with Crippen LogP contribution in [0.25, 0.3) is 6.08 Å². The minimum atomic E-state index is -0.398. The summed E-state index contributed by atoms with van der Waals surface area (Å²) in [6, 6.07) is 12.1. The van der Waals surface area contributed by atoms with Crippen molar-refractivity contribution in [2.24, 2.45) is 0 Å². The predicted molar refractivity (Wildman–Crippen MR) is 74.7 cm³/mol. The monoisotopic (exact) mass is 270 g/mol. The van der Waals surface area contributed by atoms with Crippen LogP contribution in [0.4, 0.5) is 0 Å². The zero-order chi connectivity index (χ0) is 14.4. The fraction of sp³-hybridized carbons (Fsp3) is 0.0667. The fourth-order valence-electron chi connectivity index (χ4n) is 1.59. The molecule has 2 amide bonds. The number of nitrogens with one attached hydrogen (secondary N) is 2. The number of hydrogen-bond acceptors (Lipinski definition) is 3. The summed E-state index contributed by atoms with van der Waals surface area (Å²) >= 11 is 0. The first-order chi connectivity index (χ1) is 9.70.